The molecule has 0 atom stereocenters. The van der Waals surface area contributed by atoms with Gasteiger partial charge in [-0.05, 0) is 92.6 Å². The van der Waals surface area contributed by atoms with Crippen molar-refractivity contribution in [1.82, 2.24) is 0 Å². The lowest BCUT2D eigenvalue weighted by molar-refractivity contribution is -0.300. The second-order valence-electron chi connectivity index (χ2n) is 13.2. The summed E-state index contributed by atoms with van der Waals surface area (Å²) in [6.07, 6.45) is 6.90. The van der Waals surface area contributed by atoms with Gasteiger partial charge in [-0.2, -0.15) is 0 Å². The summed E-state index contributed by atoms with van der Waals surface area (Å²) < 4.78 is 23.3. The molecule has 1 aliphatic carbocycles. The molecule has 8 heteroatoms. The van der Waals surface area contributed by atoms with Crippen LogP contribution in [0, 0.1) is 5.41 Å². The molecular formula is C38H36Cl2O6. The summed E-state index contributed by atoms with van der Waals surface area (Å²) in [5.41, 5.74) is 2.37. The monoisotopic (exact) mass is 658 g/mol. The first-order chi connectivity index (χ1) is 21.6. The number of Topliss-reactive ketones (excluding diaryl/α,β-unsaturated/α-hetero) is 1. The van der Waals surface area contributed by atoms with E-state index in [2.05, 4.69) is 0 Å². The maximum atomic E-state index is 13.4. The first kappa shape index (κ1) is 33.1. The smallest absolute Gasteiger partial charge is 0.360 e. The van der Waals surface area contributed by atoms with Gasteiger partial charge in [-0.3, -0.25) is 4.79 Å². The lowest BCUT2D eigenvalue weighted by Gasteiger charge is -2.30. The normalized spacial score (nSPS) is 17.0. The number of ether oxygens (including phenoxy) is 3. The maximum Gasteiger partial charge on any atom is 0.360 e. The molecule has 1 aliphatic heterocycles. The fraction of sp³-hybridized carbons (Fsp3) is 0.263. The number of hydrogen-bond donors (Lipinski definition) is 0. The Balaban J connectivity index is 1.56. The van der Waals surface area contributed by atoms with E-state index in [9.17, 15) is 9.90 Å². The van der Waals surface area contributed by atoms with Gasteiger partial charge in [-0.25, -0.2) is 4.42 Å². The minimum Gasteiger partial charge on any atom is -0.871 e. The van der Waals surface area contributed by atoms with Gasteiger partial charge in [0, 0.05) is 28.2 Å². The van der Waals surface area contributed by atoms with E-state index in [1.807, 2.05) is 65.8 Å². The molecule has 0 bridgehead atoms. The maximum absolute atomic E-state index is 13.4. The van der Waals surface area contributed by atoms with Crippen LogP contribution < -0.4 is 14.6 Å². The highest BCUT2D eigenvalue weighted by atomic mass is 35.5. The molecule has 6 nitrogen and oxygen atoms in total. The molecule has 5 rings (SSSR count). The predicted molar refractivity (Wildman–Crippen MR) is 182 cm³/mol. The van der Waals surface area contributed by atoms with Crippen LogP contribution in [0.4, 0.5) is 0 Å². The van der Waals surface area contributed by atoms with Crippen LogP contribution in [0.2, 0.25) is 10.0 Å². The number of methoxy groups -OCH3 is 2. The number of halogens is 2. The van der Waals surface area contributed by atoms with E-state index in [-0.39, 0.29) is 33.5 Å². The van der Waals surface area contributed by atoms with Gasteiger partial charge < -0.3 is 19.3 Å². The first-order valence-corrected chi connectivity index (χ1v) is 15.5. The van der Waals surface area contributed by atoms with Gasteiger partial charge in [-0.15, -0.1) is 0 Å². The highest BCUT2D eigenvalue weighted by Crippen LogP contribution is 2.40. The summed E-state index contributed by atoms with van der Waals surface area (Å²) in [4.78, 5) is 13.4. The van der Waals surface area contributed by atoms with Crippen LogP contribution in [0.5, 0.6) is 11.5 Å². The third kappa shape index (κ3) is 6.79. The van der Waals surface area contributed by atoms with Gasteiger partial charge in [0.25, 0.3) is 0 Å². The molecule has 0 N–H and O–H groups in total. The van der Waals surface area contributed by atoms with E-state index in [1.54, 1.807) is 62.8 Å². The van der Waals surface area contributed by atoms with Crippen LogP contribution in [0.3, 0.4) is 0 Å². The molecule has 0 radical (unpaired) electrons. The molecular weight excluding hydrogens is 623 g/mol. The fourth-order valence-electron chi connectivity index (χ4n) is 4.89. The van der Waals surface area contributed by atoms with Crippen molar-refractivity contribution in [2.75, 3.05) is 14.2 Å². The standard InChI is InChI=1S/C38H36Cl2O6/c1-37(2,3)33-17-21(15-29(45-33)23-9-11-27(39)31(19-23)43-7)13-25-35(41)26(36(25)42)14-22-16-30(46-34(18-22)38(4,5)6)24-10-12-28(40)32(20-24)44-8/h9-20H,1-8H3. The van der Waals surface area contributed by atoms with Crippen LogP contribution in [-0.2, 0) is 14.9 Å². The Labute approximate surface area is 279 Å². The highest BCUT2D eigenvalue weighted by Gasteiger charge is 2.32. The Bertz CT molecular complexity index is 1890. The largest absolute Gasteiger partial charge is 0.871 e. The van der Waals surface area contributed by atoms with Crippen molar-refractivity contribution in [2.45, 2.75) is 47.0 Å². The van der Waals surface area contributed by atoms with Crippen molar-refractivity contribution in [3.05, 3.63) is 122 Å². The SMILES string of the molecule is COc1cc(C2=CC(=CC3=C([O-])C(=Cc4cc(-c5ccc(Cl)c(OC)c5)[o+]c(C(C)(C)C)c4)C3=O)C=C(C(C)(C)C)O2)ccc1Cl. The molecule has 0 saturated heterocycles. The van der Waals surface area contributed by atoms with Crippen molar-refractivity contribution in [3.63, 3.8) is 0 Å². The molecule has 238 valence electrons. The molecule has 2 aliphatic rings. The second kappa shape index (κ2) is 12.5. The van der Waals surface area contributed by atoms with E-state index in [0.29, 0.717) is 55.7 Å². The average Bonchev–Trinajstić information content (AvgIpc) is 3.01. The van der Waals surface area contributed by atoms with Gasteiger partial charge >= 0.3 is 11.5 Å². The van der Waals surface area contributed by atoms with Crippen LogP contribution >= 0.6 is 23.2 Å². The molecule has 2 heterocycles. The van der Waals surface area contributed by atoms with Crippen LogP contribution in [0.25, 0.3) is 23.2 Å². The van der Waals surface area contributed by atoms with Crippen molar-refractivity contribution >= 4 is 40.8 Å². The zero-order chi connectivity index (χ0) is 33.6. The average molecular weight is 660 g/mol. The zero-order valence-corrected chi connectivity index (χ0v) is 28.6. The second-order valence-corrected chi connectivity index (χ2v) is 14.0. The first-order valence-electron chi connectivity index (χ1n) is 14.8. The highest BCUT2D eigenvalue weighted by molar-refractivity contribution is 6.32. The van der Waals surface area contributed by atoms with E-state index in [1.165, 1.54) is 0 Å². The number of carbonyl (C=O) groups is 1. The molecule has 3 aromatic rings. The third-order valence-electron chi connectivity index (χ3n) is 7.58. The Kier molecular flexibility index (Phi) is 9.00. The summed E-state index contributed by atoms with van der Waals surface area (Å²) >= 11 is 12.5. The Morgan fingerprint density at radius 2 is 1.41 bits per heavy atom. The van der Waals surface area contributed by atoms with Crippen molar-refractivity contribution < 1.29 is 28.5 Å². The Morgan fingerprint density at radius 1 is 0.804 bits per heavy atom. The number of carbonyl (C=O) groups excluding carboxylic acids is 1. The summed E-state index contributed by atoms with van der Waals surface area (Å²) in [6.45, 7) is 12.2. The summed E-state index contributed by atoms with van der Waals surface area (Å²) in [6, 6.07) is 14.4. The summed E-state index contributed by atoms with van der Waals surface area (Å²) in [5.74, 6) is 2.85. The molecule has 0 saturated carbocycles. The molecule has 46 heavy (non-hydrogen) atoms. The third-order valence-corrected chi connectivity index (χ3v) is 8.21. The number of hydrogen-bond acceptors (Lipinski definition) is 5. The molecule has 0 amide bonds. The minimum absolute atomic E-state index is 0.108. The van der Waals surface area contributed by atoms with Crippen molar-refractivity contribution in [1.29, 1.82) is 0 Å². The van der Waals surface area contributed by atoms with Crippen LogP contribution in [-0.4, -0.2) is 20.0 Å². The predicted octanol–water partition coefficient (Wildman–Crippen LogP) is 9.36. The van der Waals surface area contributed by atoms with Crippen LogP contribution in [0.1, 0.15) is 58.4 Å². The molecule has 0 fully saturated rings. The lowest BCUT2D eigenvalue weighted by atomic mass is 9.84. The van der Waals surface area contributed by atoms with Gasteiger partial charge in [0.05, 0.1) is 41.3 Å². The number of allylic oxidation sites excluding steroid dienone is 7. The van der Waals surface area contributed by atoms with Crippen molar-refractivity contribution in [2.24, 2.45) is 5.41 Å². The van der Waals surface area contributed by atoms with Gasteiger partial charge in [0.2, 0.25) is 0 Å². The Hall–Kier alpha value is -4.26. The number of benzene rings is 2. The molecule has 0 unspecified atom stereocenters. The molecule has 0 spiro atoms. The van der Waals surface area contributed by atoms with Gasteiger partial charge in [-0.1, -0.05) is 49.7 Å². The molecule has 1 aromatic heterocycles. The van der Waals surface area contributed by atoms with E-state index in [0.717, 1.165) is 11.1 Å². The lowest BCUT2D eigenvalue weighted by Crippen LogP contribution is -2.29. The van der Waals surface area contributed by atoms with Gasteiger partial charge in [0.15, 0.2) is 5.78 Å². The van der Waals surface area contributed by atoms with E-state index >= 15 is 0 Å². The number of rotatable bonds is 6. The Morgan fingerprint density at radius 3 is 1.98 bits per heavy atom. The van der Waals surface area contributed by atoms with Crippen molar-refractivity contribution in [3.8, 4) is 22.8 Å². The quantitative estimate of drug-likeness (QED) is 0.194. The van der Waals surface area contributed by atoms with E-state index in [4.69, 9.17) is 41.8 Å². The summed E-state index contributed by atoms with van der Waals surface area (Å²) in [5, 5.41) is 14.4. The summed E-state index contributed by atoms with van der Waals surface area (Å²) in [7, 11) is 3.10. The van der Waals surface area contributed by atoms with Crippen LogP contribution in [0.15, 0.2) is 99.4 Å². The zero-order valence-electron chi connectivity index (χ0n) is 27.1. The van der Waals surface area contributed by atoms with E-state index < -0.39 is 0 Å². The fourth-order valence-corrected chi connectivity index (χ4v) is 5.28. The number of ketones is 1. The molecule has 2 aromatic carbocycles. The van der Waals surface area contributed by atoms with Gasteiger partial charge in [0.1, 0.15) is 23.0 Å². The minimum atomic E-state index is -0.340. The topological polar surface area (TPSA) is 79.1 Å².